The maximum atomic E-state index is 12.6. The van der Waals surface area contributed by atoms with Crippen LogP contribution in [0, 0.1) is 0 Å². The molecule has 25 heavy (non-hydrogen) atoms. The molecule has 0 atom stereocenters. The summed E-state index contributed by atoms with van der Waals surface area (Å²) in [6.45, 7) is 0. The average Bonchev–Trinajstić information content (AvgIpc) is 3.11. The highest BCUT2D eigenvalue weighted by Crippen LogP contribution is 2.34. The molecule has 126 valence electrons. The summed E-state index contributed by atoms with van der Waals surface area (Å²) in [6.07, 6.45) is 3.24. The van der Waals surface area contributed by atoms with E-state index in [9.17, 15) is 9.59 Å². The number of carboxylic acids is 1. The third-order valence-electron chi connectivity index (χ3n) is 3.65. The van der Waals surface area contributed by atoms with E-state index in [0.29, 0.717) is 15.5 Å². The zero-order valence-electron chi connectivity index (χ0n) is 13.1. The van der Waals surface area contributed by atoms with Crippen molar-refractivity contribution in [1.29, 1.82) is 0 Å². The Balaban J connectivity index is 1.92. The van der Waals surface area contributed by atoms with Crippen molar-refractivity contribution in [3.05, 3.63) is 70.3 Å². The Kier molecular flexibility index (Phi) is 4.83. The molecule has 5 nitrogen and oxygen atoms in total. The van der Waals surface area contributed by atoms with Crippen molar-refractivity contribution in [1.82, 2.24) is 4.98 Å². The van der Waals surface area contributed by atoms with Gasteiger partial charge in [-0.3, -0.25) is 9.78 Å². The summed E-state index contributed by atoms with van der Waals surface area (Å²) in [7, 11) is 1.69. The lowest BCUT2D eigenvalue weighted by Crippen LogP contribution is -2.25. The second-order valence-corrected chi connectivity index (χ2v) is 6.72. The maximum Gasteiger partial charge on any atom is 0.335 e. The van der Waals surface area contributed by atoms with Gasteiger partial charge < -0.3 is 10.0 Å². The molecule has 0 aliphatic heterocycles. The predicted octanol–water partition coefficient (Wildman–Crippen LogP) is 4.44. The first-order chi connectivity index (χ1) is 12.0. The third kappa shape index (κ3) is 3.55. The number of hydrogen-bond acceptors (Lipinski definition) is 4. The number of halogens is 1. The van der Waals surface area contributed by atoms with Gasteiger partial charge in [-0.05, 0) is 42.5 Å². The van der Waals surface area contributed by atoms with Gasteiger partial charge in [0, 0.05) is 40.6 Å². The maximum absolute atomic E-state index is 12.6. The highest BCUT2D eigenvalue weighted by molar-refractivity contribution is 7.17. The van der Waals surface area contributed by atoms with Crippen LogP contribution in [0.5, 0.6) is 0 Å². The van der Waals surface area contributed by atoms with Crippen LogP contribution in [0.2, 0.25) is 5.02 Å². The Labute approximate surface area is 153 Å². The number of hydrogen-bond donors (Lipinski definition) is 1. The van der Waals surface area contributed by atoms with Crippen LogP contribution >= 0.6 is 22.9 Å². The Bertz CT molecular complexity index is 941. The Morgan fingerprint density at radius 2 is 1.84 bits per heavy atom. The van der Waals surface area contributed by atoms with Crippen molar-refractivity contribution in [2.45, 2.75) is 0 Å². The van der Waals surface area contributed by atoms with Crippen LogP contribution in [-0.4, -0.2) is 29.0 Å². The van der Waals surface area contributed by atoms with Gasteiger partial charge in [0.2, 0.25) is 0 Å². The number of aromatic nitrogens is 1. The number of carbonyl (C=O) groups excluding carboxylic acids is 1. The Morgan fingerprint density at radius 1 is 1.12 bits per heavy atom. The molecular weight excluding hydrogens is 360 g/mol. The summed E-state index contributed by atoms with van der Waals surface area (Å²) in [5.41, 5.74) is 1.48. The fraction of sp³-hybridized carbons (Fsp3) is 0.0556. The van der Waals surface area contributed by atoms with Gasteiger partial charge in [0.05, 0.1) is 10.4 Å². The van der Waals surface area contributed by atoms with E-state index in [2.05, 4.69) is 4.98 Å². The van der Waals surface area contributed by atoms with Crippen LogP contribution in [0.1, 0.15) is 20.0 Å². The highest BCUT2D eigenvalue weighted by Gasteiger charge is 2.17. The van der Waals surface area contributed by atoms with Crippen LogP contribution in [0.3, 0.4) is 0 Å². The van der Waals surface area contributed by atoms with Crippen molar-refractivity contribution in [3.63, 3.8) is 0 Å². The lowest BCUT2D eigenvalue weighted by molar-refractivity contribution is 0.0696. The Morgan fingerprint density at radius 3 is 2.52 bits per heavy atom. The number of pyridine rings is 1. The Hall–Kier alpha value is -2.70. The van der Waals surface area contributed by atoms with Gasteiger partial charge in [0.15, 0.2) is 0 Å². The summed E-state index contributed by atoms with van der Waals surface area (Å²) in [5, 5.41) is 9.57. The lowest BCUT2D eigenvalue weighted by atomic mass is 10.1. The van der Waals surface area contributed by atoms with Crippen LogP contribution in [-0.2, 0) is 0 Å². The first-order valence-electron chi connectivity index (χ1n) is 7.28. The molecule has 0 aliphatic rings. The van der Waals surface area contributed by atoms with Crippen molar-refractivity contribution in [3.8, 4) is 10.4 Å². The minimum Gasteiger partial charge on any atom is -0.478 e. The molecule has 1 aromatic carbocycles. The number of aromatic carboxylic acids is 1. The SMILES string of the molecule is CN(C(=O)c1ccc(-c2cc(C(=O)O)ccc2Cl)s1)c1ccncc1. The van der Waals surface area contributed by atoms with E-state index in [1.807, 2.05) is 0 Å². The fourth-order valence-electron chi connectivity index (χ4n) is 2.29. The summed E-state index contributed by atoms with van der Waals surface area (Å²) in [6, 6.07) is 11.5. The van der Waals surface area contributed by atoms with Gasteiger partial charge in [-0.1, -0.05) is 11.6 Å². The summed E-state index contributed by atoms with van der Waals surface area (Å²) in [4.78, 5) is 30.5. The molecule has 0 fully saturated rings. The number of carbonyl (C=O) groups is 2. The average molecular weight is 373 g/mol. The van der Waals surface area contributed by atoms with Crippen LogP contribution in [0.4, 0.5) is 5.69 Å². The quantitative estimate of drug-likeness (QED) is 0.735. The van der Waals surface area contributed by atoms with Gasteiger partial charge in [-0.25, -0.2) is 4.79 Å². The molecule has 1 N–H and O–H groups in total. The van der Waals surface area contributed by atoms with Crippen LogP contribution in [0.25, 0.3) is 10.4 Å². The van der Waals surface area contributed by atoms with E-state index < -0.39 is 5.97 Å². The molecule has 0 saturated heterocycles. The van der Waals surface area contributed by atoms with Crippen molar-refractivity contribution < 1.29 is 14.7 Å². The zero-order valence-corrected chi connectivity index (χ0v) is 14.7. The van der Waals surface area contributed by atoms with Gasteiger partial charge >= 0.3 is 5.97 Å². The number of nitrogens with zero attached hydrogens (tertiary/aromatic N) is 2. The second kappa shape index (κ2) is 7.04. The van der Waals surface area contributed by atoms with Gasteiger partial charge in [-0.2, -0.15) is 0 Å². The topological polar surface area (TPSA) is 70.5 Å². The molecule has 3 aromatic rings. The van der Waals surface area contributed by atoms with Gasteiger partial charge in [0.25, 0.3) is 5.91 Å². The largest absolute Gasteiger partial charge is 0.478 e. The first-order valence-corrected chi connectivity index (χ1v) is 8.48. The molecule has 1 amide bonds. The van der Waals surface area contributed by atoms with Crippen molar-refractivity contribution in [2.24, 2.45) is 0 Å². The summed E-state index contributed by atoms with van der Waals surface area (Å²) >= 11 is 7.46. The number of benzene rings is 1. The first kappa shape index (κ1) is 17.1. The van der Waals surface area contributed by atoms with E-state index in [-0.39, 0.29) is 11.5 Å². The standard InChI is InChI=1S/C18H13ClN2O3S/c1-21(12-6-8-20-9-7-12)17(22)16-5-4-15(25-16)13-10-11(18(23)24)2-3-14(13)19/h2-10H,1H3,(H,23,24). The van der Waals surface area contributed by atoms with Crippen LogP contribution in [0.15, 0.2) is 54.9 Å². The highest BCUT2D eigenvalue weighted by atomic mass is 35.5. The number of thiophene rings is 1. The summed E-state index contributed by atoms with van der Waals surface area (Å²) in [5.74, 6) is -1.18. The van der Waals surface area contributed by atoms with E-state index >= 15 is 0 Å². The van der Waals surface area contributed by atoms with Crippen LogP contribution < -0.4 is 4.90 Å². The second-order valence-electron chi connectivity index (χ2n) is 5.23. The molecule has 3 rings (SSSR count). The molecule has 0 unspecified atom stereocenters. The van der Waals surface area contributed by atoms with E-state index in [1.165, 1.54) is 28.4 Å². The minimum atomic E-state index is -1.02. The van der Waals surface area contributed by atoms with Crippen molar-refractivity contribution >= 4 is 40.5 Å². The fourth-order valence-corrected chi connectivity index (χ4v) is 3.58. The predicted molar refractivity (Wildman–Crippen MR) is 98.7 cm³/mol. The smallest absolute Gasteiger partial charge is 0.335 e. The molecule has 0 radical (unpaired) electrons. The number of carboxylic acid groups (broad SMARTS) is 1. The van der Waals surface area contributed by atoms with Gasteiger partial charge in [-0.15, -0.1) is 11.3 Å². The lowest BCUT2D eigenvalue weighted by Gasteiger charge is -2.15. The van der Waals surface area contributed by atoms with E-state index in [4.69, 9.17) is 16.7 Å². The minimum absolute atomic E-state index is 0.148. The van der Waals surface area contributed by atoms with E-state index in [0.717, 1.165) is 10.6 Å². The number of rotatable bonds is 4. The molecule has 0 spiro atoms. The molecule has 2 aromatic heterocycles. The molecule has 0 bridgehead atoms. The number of anilines is 1. The molecule has 7 heteroatoms. The molecular formula is C18H13ClN2O3S. The normalized spacial score (nSPS) is 10.5. The third-order valence-corrected chi connectivity index (χ3v) is 5.09. The van der Waals surface area contributed by atoms with Crippen molar-refractivity contribution in [2.75, 3.05) is 11.9 Å². The molecule has 0 aliphatic carbocycles. The summed E-state index contributed by atoms with van der Waals surface area (Å²) < 4.78 is 0. The number of amides is 1. The van der Waals surface area contributed by atoms with Gasteiger partial charge in [0.1, 0.15) is 0 Å². The molecule has 2 heterocycles. The molecule has 0 saturated carbocycles. The van der Waals surface area contributed by atoms with E-state index in [1.54, 1.807) is 49.8 Å². The monoisotopic (exact) mass is 372 g/mol. The zero-order chi connectivity index (χ0) is 18.0.